The van der Waals surface area contributed by atoms with Crippen molar-refractivity contribution in [1.82, 2.24) is 0 Å². The Morgan fingerprint density at radius 1 is 0.923 bits per heavy atom. The summed E-state index contributed by atoms with van der Waals surface area (Å²) in [6.45, 7) is 0. The molecule has 0 fully saturated rings. The van der Waals surface area contributed by atoms with Gasteiger partial charge in [0.15, 0.2) is 0 Å². The molecule has 0 heterocycles. The molecule has 0 spiro atoms. The number of halogens is 9. The third-order valence-electron chi connectivity index (χ3n) is 2.76. The van der Waals surface area contributed by atoms with E-state index in [1.54, 1.807) is 5.32 Å². The monoisotopic (exact) mass is 407 g/mol. The Kier molecular flexibility index (Phi) is 5.82. The fraction of sp³-hybridized carbons (Fsp3) is 0.231. The predicted molar refractivity (Wildman–Crippen MR) is 75.5 cm³/mol. The molecule has 0 saturated carbocycles. The lowest BCUT2D eigenvalue weighted by molar-refractivity contribution is -0.143. The largest absolute Gasteiger partial charge is 0.432 e. The number of hydrogen-bond donors (Lipinski definition) is 2. The molecule has 3 nitrogen and oxygen atoms in total. The zero-order valence-corrected chi connectivity index (χ0v) is 12.9. The highest BCUT2D eigenvalue weighted by Gasteiger charge is 2.38. The minimum absolute atomic E-state index is 0.181. The molecule has 3 N–H and O–H groups in total. The number of hydrogen-bond acceptors (Lipinski definition) is 3. The molecule has 0 aliphatic carbocycles. The summed E-state index contributed by atoms with van der Waals surface area (Å²) in [6.07, 6.45) is -15.5. The summed E-state index contributed by atoms with van der Waals surface area (Å²) in [5.74, 6) is 0. The third-order valence-corrected chi connectivity index (χ3v) is 3.07. The minimum Gasteiger partial charge on any atom is -0.394 e. The lowest BCUT2D eigenvalue weighted by Crippen LogP contribution is -2.26. The maximum absolute atomic E-state index is 12.7. The van der Waals surface area contributed by atoms with Gasteiger partial charge in [-0.05, 0) is 18.2 Å². The molecular formula is C13H6F9N3S. The summed E-state index contributed by atoms with van der Waals surface area (Å²) in [5, 5.41) is 10.4. The number of nitriles is 1. The van der Waals surface area contributed by atoms with Crippen LogP contribution >= 0.6 is 12.2 Å². The molecule has 0 aliphatic rings. The van der Waals surface area contributed by atoms with Gasteiger partial charge in [-0.15, -0.1) is 0 Å². The molecule has 0 saturated heterocycles. The van der Waals surface area contributed by atoms with Crippen molar-refractivity contribution in [3.05, 3.63) is 40.6 Å². The van der Waals surface area contributed by atoms with Crippen LogP contribution in [0.1, 0.15) is 11.1 Å². The maximum atomic E-state index is 12.7. The smallest absolute Gasteiger partial charge is 0.394 e. The number of anilines is 1. The highest BCUT2D eigenvalue weighted by Crippen LogP contribution is 2.37. The molecule has 0 aliphatic heterocycles. The summed E-state index contributed by atoms with van der Waals surface area (Å²) >= 11 is 4.44. The first kappa shape index (κ1) is 21.6. The van der Waals surface area contributed by atoms with Crippen molar-refractivity contribution in [2.45, 2.75) is 18.5 Å². The van der Waals surface area contributed by atoms with Crippen LogP contribution in [0.25, 0.3) is 0 Å². The SMILES string of the molecule is N#C/C(C(=S)Nc1cc(C(F)(F)F)cc(C(F)(F)F)c1)=C(/N)C(F)(F)F. The second kappa shape index (κ2) is 7.02. The molecule has 13 heteroatoms. The van der Waals surface area contributed by atoms with E-state index in [9.17, 15) is 39.5 Å². The molecule has 1 rings (SSSR count). The normalized spacial score (nSPS) is 13.7. The van der Waals surface area contributed by atoms with Crippen LogP contribution < -0.4 is 11.1 Å². The van der Waals surface area contributed by atoms with Gasteiger partial charge in [-0.25, -0.2) is 0 Å². The van der Waals surface area contributed by atoms with Gasteiger partial charge in [0.05, 0.1) is 11.1 Å². The van der Waals surface area contributed by atoms with Gasteiger partial charge in [-0.2, -0.15) is 44.8 Å². The van der Waals surface area contributed by atoms with Crippen LogP contribution in [0.2, 0.25) is 0 Å². The number of alkyl halides is 9. The van der Waals surface area contributed by atoms with Crippen LogP contribution in [0.5, 0.6) is 0 Å². The summed E-state index contributed by atoms with van der Waals surface area (Å²) in [5.41, 5.74) is -2.94. The van der Waals surface area contributed by atoms with Gasteiger partial charge in [0.1, 0.15) is 22.3 Å². The minimum atomic E-state index is -5.18. The molecule has 0 radical (unpaired) electrons. The van der Waals surface area contributed by atoms with Crippen molar-refractivity contribution in [1.29, 1.82) is 5.26 Å². The van der Waals surface area contributed by atoms with Crippen LogP contribution in [-0.4, -0.2) is 11.2 Å². The lowest BCUT2D eigenvalue weighted by Gasteiger charge is -2.16. The van der Waals surface area contributed by atoms with Crippen molar-refractivity contribution in [2.24, 2.45) is 5.73 Å². The molecule has 1 aromatic rings. The van der Waals surface area contributed by atoms with Gasteiger partial charge in [0.2, 0.25) is 0 Å². The zero-order valence-electron chi connectivity index (χ0n) is 12.1. The third kappa shape index (κ3) is 5.25. The van der Waals surface area contributed by atoms with Gasteiger partial charge < -0.3 is 11.1 Å². The summed E-state index contributed by atoms with van der Waals surface area (Å²) < 4.78 is 114. The number of nitrogens with two attached hydrogens (primary N) is 1. The van der Waals surface area contributed by atoms with E-state index in [0.29, 0.717) is 0 Å². The number of nitrogens with one attached hydrogen (secondary N) is 1. The van der Waals surface area contributed by atoms with E-state index in [0.717, 1.165) is 6.07 Å². The van der Waals surface area contributed by atoms with Crippen molar-refractivity contribution >= 4 is 22.9 Å². The van der Waals surface area contributed by atoms with E-state index < -0.39 is 51.6 Å². The second-order valence-electron chi connectivity index (χ2n) is 4.65. The van der Waals surface area contributed by atoms with Gasteiger partial charge in [0, 0.05) is 5.69 Å². The van der Waals surface area contributed by atoms with Crippen LogP contribution in [0.15, 0.2) is 29.5 Å². The molecule has 26 heavy (non-hydrogen) atoms. The van der Waals surface area contributed by atoms with E-state index in [4.69, 9.17) is 11.0 Å². The number of thiocarbonyl (C=S) groups is 1. The Morgan fingerprint density at radius 3 is 1.65 bits per heavy atom. The Hall–Kier alpha value is -2.49. The Balaban J connectivity index is 3.41. The summed E-state index contributed by atoms with van der Waals surface area (Å²) in [7, 11) is 0. The van der Waals surface area contributed by atoms with Gasteiger partial charge in [-0.1, -0.05) is 12.2 Å². The standard InChI is InChI=1S/C13H6F9N3S/c14-11(15,16)5-1-6(12(17,18)19)3-7(2-5)25-10(26)8(4-23)9(24)13(20,21)22/h1-3H,24H2,(H,25,26)/b9-8-. The van der Waals surface area contributed by atoms with Crippen molar-refractivity contribution in [3.63, 3.8) is 0 Å². The van der Waals surface area contributed by atoms with E-state index >= 15 is 0 Å². The fourth-order valence-corrected chi connectivity index (χ4v) is 1.87. The predicted octanol–water partition coefficient (Wildman–Crippen LogP) is 4.76. The quantitative estimate of drug-likeness (QED) is 0.321. The molecule has 0 bridgehead atoms. The average molecular weight is 407 g/mol. The Bertz CT molecular complexity index is 750. The second-order valence-corrected chi connectivity index (χ2v) is 5.06. The zero-order chi connectivity index (χ0) is 20.5. The van der Waals surface area contributed by atoms with E-state index in [2.05, 4.69) is 12.2 Å². The first-order valence-corrected chi connectivity index (χ1v) is 6.56. The highest BCUT2D eigenvalue weighted by molar-refractivity contribution is 7.81. The topological polar surface area (TPSA) is 61.8 Å². The van der Waals surface area contributed by atoms with Gasteiger partial charge >= 0.3 is 18.5 Å². The summed E-state index contributed by atoms with van der Waals surface area (Å²) in [4.78, 5) is -1.09. The molecule has 0 unspecified atom stereocenters. The Morgan fingerprint density at radius 2 is 1.35 bits per heavy atom. The maximum Gasteiger partial charge on any atom is 0.432 e. The molecule has 1 aromatic carbocycles. The number of allylic oxidation sites excluding steroid dienone is 1. The van der Waals surface area contributed by atoms with Crippen molar-refractivity contribution in [2.75, 3.05) is 5.32 Å². The average Bonchev–Trinajstić information content (AvgIpc) is 2.44. The van der Waals surface area contributed by atoms with Crippen LogP contribution in [0.4, 0.5) is 45.2 Å². The van der Waals surface area contributed by atoms with Crippen LogP contribution in [0.3, 0.4) is 0 Å². The van der Waals surface area contributed by atoms with E-state index in [-0.39, 0.29) is 18.2 Å². The molecular weight excluding hydrogens is 401 g/mol. The Labute approximate surface area is 144 Å². The van der Waals surface area contributed by atoms with Crippen molar-refractivity contribution in [3.8, 4) is 6.07 Å². The number of nitrogens with zero attached hydrogens (tertiary/aromatic N) is 1. The first-order valence-electron chi connectivity index (χ1n) is 6.15. The van der Waals surface area contributed by atoms with E-state index in [1.807, 2.05) is 0 Å². The molecule has 142 valence electrons. The summed E-state index contributed by atoms with van der Waals surface area (Å²) in [6, 6.07) is 1.21. The number of benzene rings is 1. The molecule has 0 amide bonds. The first-order chi connectivity index (χ1) is 11.6. The van der Waals surface area contributed by atoms with Gasteiger partial charge in [-0.3, -0.25) is 0 Å². The molecule has 0 aromatic heterocycles. The van der Waals surface area contributed by atoms with E-state index in [1.165, 1.54) is 0 Å². The number of rotatable bonds is 2. The van der Waals surface area contributed by atoms with Crippen molar-refractivity contribution < 1.29 is 39.5 Å². The van der Waals surface area contributed by atoms with Gasteiger partial charge in [0.25, 0.3) is 0 Å². The fourth-order valence-electron chi connectivity index (χ4n) is 1.60. The lowest BCUT2D eigenvalue weighted by atomic mass is 10.1. The van der Waals surface area contributed by atoms with Crippen LogP contribution in [0, 0.1) is 11.3 Å². The van der Waals surface area contributed by atoms with Crippen LogP contribution in [-0.2, 0) is 12.4 Å². The highest BCUT2D eigenvalue weighted by atomic mass is 32.1. The molecule has 0 atom stereocenters.